The average molecular weight is 300 g/mol. The fourth-order valence-electron chi connectivity index (χ4n) is 1.99. The molecule has 0 saturated carbocycles. The van der Waals surface area contributed by atoms with Gasteiger partial charge in [-0.2, -0.15) is 0 Å². The van der Waals surface area contributed by atoms with E-state index in [9.17, 15) is 13.2 Å². The van der Waals surface area contributed by atoms with Crippen LogP contribution < -0.4 is 9.62 Å². The third-order valence-corrected chi connectivity index (χ3v) is 4.55. The van der Waals surface area contributed by atoms with E-state index in [1.807, 2.05) is 4.90 Å². The molecule has 1 unspecified atom stereocenters. The fraction of sp³-hybridized carbons (Fsp3) is 0.417. The van der Waals surface area contributed by atoms with E-state index in [0.717, 1.165) is 5.69 Å². The van der Waals surface area contributed by atoms with E-state index in [1.54, 1.807) is 12.1 Å². The maximum atomic E-state index is 11.6. The van der Waals surface area contributed by atoms with Gasteiger partial charge in [-0.1, -0.05) is 0 Å². The van der Waals surface area contributed by atoms with Gasteiger partial charge in [0, 0.05) is 12.2 Å². The van der Waals surface area contributed by atoms with Gasteiger partial charge >= 0.3 is 5.97 Å². The first-order chi connectivity index (χ1) is 9.44. The highest BCUT2D eigenvalue weighted by Gasteiger charge is 2.26. The van der Waals surface area contributed by atoms with Gasteiger partial charge in [-0.05, 0) is 31.3 Å². The third-order valence-electron chi connectivity index (χ3n) is 3.12. The molecular formula is C12H16N2O5S. The van der Waals surface area contributed by atoms with Crippen LogP contribution in [0.25, 0.3) is 0 Å². The summed E-state index contributed by atoms with van der Waals surface area (Å²) in [7, 11) is -2.11. The largest absolute Gasteiger partial charge is 0.479 e. The lowest BCUT2D eigenvalue weighted by Gasteiger charge is -2.32. The molecule has 0 spiro atoms. The number of sulfonamides is 1. The number of nitrogens with zero attached hydrogens (tertiary/aromatic N) is 1. The van der Waals surface area contributed by atoms with Gasteiger partial charge in [0.1, 0.15) is 0 Å². The van der Waals surface area contributed by atoms with Crippen LogP contribution in [-0.4, -0.2) is 52.3 Å². The molecule has 8 heteroatoms. The van der Waals surface area contributed by atoms with Crippen LogP contribution in [0.15, 0.2) is 29.2 Å². The first-order valence-electron chi connectivity index (χ1n) is 6.07. The molecule has 0 aromatic heterocycles. The smallest absolute Gasteiger partial charge is 0.334 e. The number of anilines is 1. The Balaban J connectivity index is 2.16. The van der Waals surface area contributed by atoms with Crippen molar-refractivity contribution in [3.63, 3.8) is 0 Å². The van der Waals surface area contributed by atoms with Gasteiger partial charge in [-0.25, -0.2) is 17.9 Å². The van der Waals surface area contributed by atoms with Crippen LogP contribution >= 0.6 is 0 Å². The fourth-order valence-corrected chi connectivity index (χ4v) is 2.72. The number of morpholine rings is 1. The summed E-state index contributed by atoms with van der Waals surface area (Å²) in [4.78, 5) is 12.9. The first-order valence-corrected chi connectivity index (χ1v) is 7.55. The Morgan fingerprint density at radius 3 is 2.60 bits per heavy atom. The summed E-state index contributed by atoms with van der Waals surface area (Å²) in [5, 5.41) is 8.95. The number of benzene rings is 1. The van der Waals surface area contributed by atoms with Crippen LogP contribution in [0.4, 0.5) is 5.69 Å². The summed E-state index contributed by atoms with van der Waals surface area (Å²) < 4.78 is 30.6. The Bertz CT molecular complexity index is 584. The number of carbonyl (C=O) groups is 1. The van der Waals surface area contributed by atoms with E-state index in [2.05, 4.69) is 4.72 Å². The SMILES string of the molecule is CNS(=O)(=O)c1ccc(N2CCOC(C(=O)O)C2)cc1. The maximum absolute atomic E-state index is 11.6. The number of ether oxygens (including phenoxy) is 1. The molecule has 0 bridgehead atoms. The predicted molar refractivity (Wildman–Crippen MR) is 72.3 cm³/mol. The van der Waals surface area contributed by atoms with Crippen molar-refractivity contribution in [3.05, 3.63) is 24.3 Å². The van der Waals surface area contributed by atoms with Gasteiger partial charge in [-0.15, -0.1) is 0 Å². The van der Waals surface area contributed by atoms with Crippen LogP contribution in [0.5, 0.6) is 0 Å². The first kappa shape index (κ1) is 14.8. The van der Waals surface area contributed by atoms with Gasteiger partial charge in [0.15, 0.2) is 6.10 Å². The van der Waals surface area contributed by atoms with E-state index in [0.29, 0.717) is 13.2 Å². The van der Waals surface area contributed by atoms with Crippen molar-refractivity contribution < 1.29 is 23.1 Å². The van der Waals surface area contributed by atoms with Crippen LogP contribution in [0.3, 0.4) is 0 Å². The van der Waals surface area contributed by atoms with E-state index in [-0.39, 0.29) is 11.4 Å². The summed E-state index contributed by atoms with van der Waals surface area (Å²) in [6.07, 6.45) is -0.857. The number of carboxylic acids is 1. The summed E-state index contributed by atoms with van der Waals surface area (Å²) in [6.45, 7) is 1.14. The monoisotopic (exact) mass is 300 g/mol. The van der Waals surface area contributed by atoms with Gasteiger partial charge in [0.2, 0.25) is 10.0 Å². The van der Waals surface area contributed by atoms with Crippen molar-refractivity contribution in [2.24, 2.45) is 0 Å². The van der Waals surface area contributed by atoms with Crippen LogP contribution in [0.1, 0.15) is 0 Å². The highest BCUT2D eigenvalue weighted by Crippen LogP contribution is 2.20. The van der Waals surface area contributed by atoms with E-state index in [1.165, 1.54) is 19.2 Å². The highest BCUT2D eigenvalue weighted by molar-refractivity contribution is 7.89. The molecule has 2 rings (SSSR count). The lowest BCUT2D eigenvalue weighted by molar-refractivity contribution is -0.150. The third kappa shape index (κ3) is 3.09. The number of rotatable bonds is 4. The lowest BCUT2D eigenvalue weighted by atomic mass is 10.2. The number of aliphatic carboxylic acids is 1. The van der Waals surface area contributed by atoms with Gasteiger partial charge < -0.3 is 14.7 Å². The molecule has 7 nitrogen and oxygen atoms in total. The summed E-state index contributed by atoms with van der Waals surface area (Å²) in [6, 6.07) is 6.31. The van der Waals surface area contributed by atoms with Crippen molar-refractivity contribution in [3.8, 4) is 0 Å². The predicted octanol–water partition coefficient (Wildman–Crippen LogP) is -0.115. The molecule has 1 aliphatic rings. The van der Waals surface area contributed by atoms with Crippen molar-refractivity contribution >= 4 is 21.7 Å². The molecule has 0 radical (unpaired) electrons. The second-order valence-electron chi connectivity index (χ2n) is 4.35. The Labute approximate surface area is 117 Å². The molecule has 0 amide bonds. The molecular weight excluding hydrogens is 284 g/mol. The van der Waals surface area contributed by atoms with Crippen LogP contribution in [-0.2, 0) is 19.6 Å². The standard InChI is InChI=1S/C12H16N2O5S/c1-13-20(17,18)10-4-2-9(3-5-10)14-6-7-19-11(8-14)12(15)16/h2-5,11,13H,6-8H2,1H3,(H,15,16). The van der Waals surface area contributed by atoms with E-state index < -0.39 is 22.1 Å². The van der Waals surface area contributed by atoms with E-state index in [4.69, 9.17) is 9.84 Å². The maximum Gasteiger partial charge on any atom is 0.334 e. The van der Waals surface area contributed by atoms with Gasteiger partial charge in [0.05, 0.1) is 18.0 Å². The minimum absolute atomic E-state index is 0.173. The van der Waals surface area contributed by atoms with Crippen LogP contribution in [0.2, 0.25) is 0 Å². The Kier molecular flexibility index (Phi) is 4.26. The molecule has 0 aliphatic carbocycles. The molecule has 20 heavy (non-hydrogen) atoms. The van der Waals surface area contributed by atoms with Crippen molar-refractivity contribution in [1.29, 1.82) is 0 Å². The van der Waals surface area contributed by atoms with Gasteiger partial charge in [-0.3, -0.25) is 0 Å². The number of nitrogens with one attached hydrogen (secondary N) is 1. The summed E-state index contributed by atoms with van der Waals surface area (Å²) in [5.74, 6) is -0.996. The van der Waals surface area contributed by atoms with Crippen molar-refractivity contribution in [2.75, 3.05) is 31.6 Å². The number of hydrogen-bond donors (Lipinski definition) is 2. The topological polar surface area (TPSA) is 95.9 Å². The van der Waals surface area contributed by atoms with Gasteiger partial charge in [0.25, 0.3) is 0 Å². The molecule has 1 fully saturated rings. The molecule has 1 saturated heterocycles. The molecule has 110 valence electrons. The number of carboxylic acid groups (broad SMARTS) is 1. The minimum Gasteiger partial charge on any atom is -0.479 e. The zero-order valence-electron chi connectivity index (χ0n) is 10.9. The minimum atomic E-state index is -3.46. The zero-order chi connectivity index (χ0) is 14.8. The Hall–Kier alpha value is -1.64. The van der Waals surface area contributed by atoms with Crippen molar-refractivity contribution in [2.45, 2.75) is 11.0 Å². The molecule has 1 aromatic carbocycles. The van der Waals surface area contributed by atoms with Crippen molar-refractivity contribution in [1.82, 2.24) is 4.72 Å². The second kappa shape index (κ2) is 5.78. The van der Waals surface area contributed by atoms with E-state index >= 15 is 0 Å². The normalized spacial score (nSPS) is 19.9. The number of hydrogen-bond acceptors (Lipinski definition) is 5. The average Bonchev–Trinajstić information content (AvgIpc) is 2.47. The summed E-state index contributed by atoms with van der Waals surface area (Å²) >= 11 is 0. The molecule has 1 heterocycles. The Morgan fingerprint density at radius 1 is 1.40 bits per heavy atom. The van der Waals surface area contributed by atoms with Crippen LogP contribution in [0, 0.1) is 0 Å². The molecule has 1 aliphatic heterocycles. The molecule has 1 atom stereocenters. The zero-order valence-corrected chi connectivity index (χ0v) is 11.8. The quantitative estimate of drug-likeness (QED) is 0.805. The Morgan fingerprint density at radius 2 is 2.05 bits per heavy atom. The lowest BCUT2D eigenvalue weighted by Crippen LogP contribution is -2.46. The molecule has 1 aromatic rings. The highest BCUT2D eigenvalue weighted by atomic mass is 32.2. The molecule has 2 N–H and O–H groups in total. The second-order valence-corrected chi connectivity index (χ2v) is 6.23. The summed E-state index contributed by atoms with van der Waals surface area (Å²) in [5.41, 5.74) is 0.773.